The molecular formula is C14H17ClN2O2. The maximum atomic E-state index is 11.2. The van der Waals surface area contributed by atoms with Gasteiger partial charge in [-0.05, 0) is 24.3 Å². The van der Waals surface area contributed by atoms with Crippen molar-refractivity contribution >= 4 is 18.1 Å². The molecule has 0 aliphatic heterocycles. The van der Waals surface area contributed by atoms with Crippen LogP contribution in [0.5, 0.6) is 0 Å². The van der Waals surface area contributed by atoms with Crippen LogP contribution in [0.2, 0.25) is 0 Å². The summed E-state index contributed by atoms with van der Waals surface area (Å²) in [6.07, 6.45) is 1.68. The number of hydrogen-bond acceptors (Lipinski definition) is 3. The lowest BCUT2D eigenvalue weighted by Crippen LogP contribution is -2.11. The molecule has 1 N–H and O–H groups in total. The first-order valence-electron chi connectivity index (χ1n) is 5.72. The highest BCUT2D eigenvalue weighted by molar-refractivity contribution is 5.85. The summed E-state index contributed by atoms with van der Waals surface area (Å²) >= 11 is 0. The average Bonchev–Trinajstić information content (AvgIpc) is 2.38. The van der Waals surface area contributed by atoms with Crippen LogP contribution in [0.4, 0.5) is 5.69 Å². The van der Waals surface area contributed by atoms with Crippen LogP contribution in [-0.2, 0) is 6.61 Å². The highest BCUT2D eigenvalue weighted by Crippen LogP contribution is 2.16. The van der Waals surface area contributed by atoms with Crippen LogP contribution < -0.4 is 10.3 Å². The highest BCUT2D eigenvalue weighted by atomic mass is 35.5. The molecule has 0 amide bonds. The zero-order chi connectivity index (χ0) is 13.1. The molecule has 0 atom stereocenters. The first kappa shape index (κ1) is 15.3. The molecule has 1 heterocycles. The van der Waals surface area contributed by atoms with Gasteiger partial charge in [0.2, 0.25) is 0 Å². The normalized spacial score (nSPS) is 9.84. The third-order valence-corrected chi connectivity index (χ3v) is 2.81. The van der Waals surface area contributed by atoms with Gasteiger partial charge in [0.1, 0.15) is 0 Å². The Bertz CT molecular complexity index is 591. The number of benzene rings is 1. The molecule has 0 radical (unpaired) electrons. The summed E-state index contributed by atoms with van der Waals surface area (Å²) in [5, 5.41) is 9.28. The summed E-state index contributed by atoms with van der Waals surface area (Å²) in [7, 11) is 3.96. The molecule has 5 heteroatoms. The van der Waals surface area contributed by atoms with E-state index in [2.05, 4.69) is 0 Å². The van der Waals surface area contributed by atoms with Crippen LogP contribution in [0.25, 0.3) is 5.69 Å². The highest BCUT2D eigenvalue weighted by Gasteiger charge is 2.03. The molecule has 4 nitrogen and oxygen atoms in total. The molecule has 102 valence electrons. The van der Waals surface area contributed by atoms with Crippen LogP contribution in [0, 0.1) is 0 Å². The Hall–Kier alpha value is -1.78. The molecular weight excluding hydrogens is 264 g/mol. The van der Waals surface area contributed by atoms with Gasteiger partial charge in [0.25, 0.3) is 0 Å². The first-order valence-corrected chi connectivity index (χ1v) is 5.72. The van der Waals surface area contributed by atoms with E-state index in [4.69, 9.17) is 0 Å². The second-order valence-electron chi connectivity index (χ2n) is 4.29. The number of aromatic nitrogens is 1. The summed E-state index contributed by atoms with van der Waals surface area (Å²) < 4.78 is 1.81. The Morgan fingerprint density at radius 1 is 1.16 bits per heavy atom. The van der Waals surface area contributed by atoms with Crippen molar-refractivity contribution in [1.29, 1.82) is 0 Å². The van der Waals surface area contributed by atoms with Crippen molar-refractivity contribution in [1.82, 2.24) is 4.57 Å². The molecule has 0 aliphatic rings. The fourth-order valence-electron chi connectivity index (χ4n) is 1.81. The topological polar surface area (TPSA) is 45.5 Å². The molecule has 1 aromatic heterocycles. The van der Waals surface area contributed by atoms with Gasteiger partial charge in [0, 0.05) is 43.8 Å². The molecule has 0 bridgehead atoms. The van der Waals surface area contributed by atoms with Crippen molar-refractivity contribution in [2.75, 3.05) is 19.0 Å². The zero-order valence-corrected chi connectivity index (χ0v) is 11.7. The maximum Gasteiger partial charge on any atom is 0.181 e. The van der Waals surface area contributed by atoms with Crippen LogP contribution in [0.3, 0.4) is 0 Å². The van der Waals surface area contributed by atoms with Gasteiger partial charge in [-0.3, -0.25) is 4.79 Å². The number of halogens is 1. The van der Waals surface area contributed by atoms with Gasteiger partial charge in [0.05, 0.1) is 12.3 Å². The number of hydrogen-bond donors (Lipinski definition) is 1. The Morgan fingerprint density at radius 2 is 1.79 bits per heavy atom. The minimum Gasteiger partial charge on any atom is -0.390 e. The molecule has 2 rings (SSSR count). The van der Waals surface area contributed by atoms with Gasteiger partial charge in [0.15, 0.2) is 5.43 Å². The lowest BCUT2D eigenvalue weighted by molar-refractivity contribution is 0.273. The van der Waals surface area contributed by atoms with E-state index in [9.17, 15) is 9.90 Å². The van der Waals surface area contributed by atoms with Crippen LogP contribution in [0.15, 0.2) is 47.4 Å². The van der Waals surface area contributed by atoms with Crippen molar-refractivity contribution in [3.05, 3.63) is 58.5 Å². The lowest BCUT2D eigenvalue weighted by Gasteiger charge is -2.15. The average molecular weight is 281 g/mol. The van der Waals surface area contributed by atoms with Crippen molar-refractivity contribution in [2.24, 2.45) is 0 Å². The molecule has 19 heavy (non-hydrogen) atoms. The van der Waals surface area contributed by atoms with E-state index in [1.165, 1.54) is 12.1 Å². The van der Waals surface area contributed by atoms with E-state index in [0.717, 1.165) is 11.4 Å². The smallest absolute Gasteiger partial charge is 0.181 e. The van der Waals surface area contributed by atoms with E-state index >= 15 is 0 Å². The van der Waals surface area contributed by atoms with Crippen molar-refractivity contribution in [2.45, 2.75) is 6.61 Å². The number of anilines is 1. The zero-order valence-electron chi connectivity index (χ0n) is 10.9. The Morgan fingerprint density at radius 3 is 2.32 bits per heavy atom. The minimum absolute atomic E-state index is 0. The third kappa shape index (κ3) is 3.36. The first-order chi connectivity index (χ1) is 8.61. The largest absolute Gasteiger partial charge is 0.390 e. The van der Waals surface area contributed by atoms with E-state index in [-0.39, 0.29) is 24.4 Å². The van der Waals surface area contributed by atoms with E-state index in [0.29, 0.717) is 5.69 Å². The summed E-state index contributed by atoms with van der Waals surface area (Å²) in [5.74, 6) is 0. The molecule has 0 saturated heterocycles. The number of nitrogens with zero attached hydrogens (tertiary/aromatic N) is 2. The van der Waals surface area contributed by atoms with Crippen LogP contribution in [-0.4, -0.2) is 23.8 Å². The lowest BCUT2D eigenvalue weighted by atomic mass is 10.2. The summed E-state index contributed by atoms with van der Waals surface area (Å²) in [5.41, 5.74) is 2.51. The SMILES string of the molecule is CN(C)c1ccc(-n2ccc(=O)cc2CO)cc1.Cl. The number of pyridine rings is 1. The molecule has 0 unspecified atom stereocenters. The fourth-order valence-corrected chi connectivity index (χ4v) is 1.81. The fraction of sp³-hybridized carbons (Fsp3) is 0.214. The van der Waals surface area contributed by atoms with Crippen molar-refractivity contribution in [3.63, 3.8) is 0 Å². The van der Waals surface area contributed by atoms with Gasteiger partial charge >= 0.3 is 0 Å². The molecule has 0 spiro atoms. The number of aliphatic hydroxyl groups excluding tert-OH is 1. The Labute approximate surface area is 118 Å². The second-order valence-corrected chi connectivity index (χ2v) is 4.29. The molecule has 0 fully saturated rings. The number of aliphatic hydroxyl groups is 1. The second kappa shape index (κ2) is 6.41. The maximum absolute atomic E-state index is 11.2. The van der Waals surface area contributed by atoms with E-state index in [1.807, 2.05) is 43.3 Å². The van der Waals surface area contributed by atoms with Gasteiger partial charge in [-0.15, -0.1) is 12.4 Å². The molecule has 0 saturated carbocycles. The van der Waals surface area contributed by atoms with E-state index in [1.54, 1.807) is 10.8 Å². The summed E-state index contributed by atoms with van der Waals surface area (Å²) in [6.45, 7) is -0.161. The molecule has 0 aliphatic carbocycles. The van der Waals surface area contributed by atoms with Gasteiger partial charge in [-0.25, -0.2) is 0 Å². The van der Waals surface area contributed by atoms with Crippen LogP contribution >= 0.6 is 12.4 Å². The summed E-state index contributed by atoms with van der Waals surface area (Å²) in [4.78, 5) is 13.3. The summed E-state index contributed by atoms with van der Waals surface area (Å²) in [6, 6.07) is 10.8. The number of rotatable bonds is 3. The third-order valence-electron chi connectivity index (χ3n) is 2.81. The van der Waals surface area contributed by atoms with E-state index < -0.39 is 0 Å². The Kier molecular flexibility index (Phi) is 5.15. The van der Waals surface area contributed by atoms with Crippen LogP contribution in [0.1, 0.15) is 5.69 Å². The molecule has 2 aromatic rings. The predicted molar refractivity (Wildman–Crippen MR) is 79.5 cm³/mol. The monoisotopic (exact) mass is 280 g/mol. The van der Waals surface area contributed by atoms with Crippen molar-refractivity contribution in [3.8, 4) is 5.69 Å². The minimum atomic E-state index is -0.161. The standard InChI is InChI=1S/C14H16N2O2.ClH/c1-15(2)11-3-5-12(6-4-11)16-8-7-14(18)9-13(16)10-17;/h3-9,17H,10H2,1-2H3;1H. The molecule has 1 aromatic carbocycles. The quantitative estimate of drug-likeness (QED) is 0.933. The Balaban J connectivity index is 0.00000180. The van der Waals surface area contributed by atoms with Gasteiger partial charge in [-0.1, -0.05) is 0 Å². The van der Waals surface area contributed by atoms with Gasteiger partial charge < -0.3 is 14.6 Å². The van der Waals surface area contributed by atoms with Gasteiger partial charge in [-0.2, -0.15) is 0 Å². The predicted octanol–water partition coefficient (Wildman–Crippen LogP) is 1.82. The van der Waals surface area contributed by atoms with Crippen molar-refractivity contribution < 1.29 is 5.11 Å².